The summed E-state index contributed by atoms with van der Waals surface area (Å²) in [6.45, 7) is 0.422. The molecule has 3 aromatic carbocycles. The second-order valence-corrected chi connectivity index (χ2v) is 7.70. The van der Waals surface area contributed by atoms with Crippen molar-refractivity contribution in [1.82, 2.24) is 5.43 Å². The second-order valence-electron chi connectivity index (χ2n) is 5.99. The van der Waals surface area contributed by atoms with Gasteiger partial charge in [0.25, 0.3) is 5.91 Å². The van der Waals surface area contributed by atoms with Crippen LogP contribution in [0, 0.1) is 0 Å². The average Bonchev–Trinajstić information content (AvgIpc) is 2.73. The van der Waals surface area contributed by atoms with E-state index in [0.29, 0.717) is 28.1 Å². The first kappa shape index (κ1) is 21.1. The lowest BCUT2D eigenvalue weighted by Gasteiger charge is -2.13. The molecule has 3 aromatic rings. The van der Waals surface area contributed by atoms with Crippen LogP contribution in [0.25, 0.3) is 0 Å². The first-order chi connectivity index (χ1) is 14.1. The Balaban J connectivity index is 1.70. The fraction of sp³-hybridized carbons (Fsp3) is 0.0909. The molecule has 0 saturated carbocycles. The topological polar surface area (TPSA) is 59.9 Å². The summed E-state index contributed by atoms with van der Waals surface area (Å²) in [6.07, 6.45) is 1.54. The van der Waals surface area contributed by atoms with Crippen LogP contribution in [-0.4, -0.2) is 19.2 Å². The Hall–Kier alpha value is -2.64. The minimum atomic E-state index is -0.303. The van der Waals surface area contributed by atoms with Crippen molar-refractivity contribution in [2.45, 2.75) is 6.61 Å². The molecular formula is C22H18Br2N2O3. The molecule has 3 rings (SSSR count). The van der Waals surface area contributed by atoms with Gasteiger partial charge in [-0.25, -0.2) is 5.43 Å². The number of hydrazone groups is 1. The molecule has 0 atom stereocenters. The number of methoxy groups -OCH3 is 1. The fourth-order valence-electron chi connectivity index (χ4n) is 2.56. The summed E-state index contributed by atoms with van der Waals surface area (Å²) in [6, 6.07) is 20.7. The highest BCUT2D eigenvalue weighted by atomic mass is 79.9. The normalized spacial score (nSPS) is 10.7. The minimum Gasteiger partial charge on any atom is -0.493 e. The molecule has 0 aliphatic carbocycles. The number of halogens is 2. The Morgan fingerprint density at radius 1 is 1.03 bits per heavy atom. The molecule has 0 aliphatic heterocycles. The van der Waals surface area contributed by atoms with E-state index in [1.54, 1.807) is 37.6 Å². The average molecular weight is 518 g/mol. The maximum atomic E-state index is 12.2. The summed E-state index contributed by atoms with van der Waals surface area (Å²) in [5, 5.41) is 4.04. The molecule has 0 aromatic heterocycles. The molecule has 0 radical (unpaired) electrons. The largest absolute Gasteiger partial charge is 0.493 e. The number of rotatable bonds is 7. The van der Waals surface area contributed by atoms with E-state index in [2.05, 4.69) is 42.4 Å². The number of hydrogen-bond donors (Lipinski definition) is 1. The fourth-order valence-corrected chi connectivity index (χ4v) is 3.59. The number of nitrogens with one attached hydrogen (secondary N) is 1. The van der Waals surface area contributed by atoms with Gasteiger partial charge in [-0.1, -0.05) is 42.5 Å². The molecule has 0 heterocycles. The summed E-state index contributed by atoms with van der Waals surface area (Å²) in [5.41, 5.74) is 4.83. The summed E-state index contributed by atoms with van der Waals surface area (Å²) in [7, 11) is 1.58. The van der Waals surface area contributed by atoms with Gasteiger partial charge in [-0.05, 0) is 67.3 Å². The molecule has 5 nitrogen and oxygen atoms in total. The predicted octanol–water partition coefficient (Wildman–Crippen LogP) is 5.56. The van der Waals surface area contributed by atoms with Gasteiger partial charge in [-0.2, -0.15) is 5.10 Å². The number of nitrogens with zero attached hydrogens (tertiary/aromatic N) is 1. The van der Waals surface area contributed by atoms with E-state index >= 15 is 0 Å². The van der Waals surface area contributed by atoms with Crippen molar-refractivity contribution in [3.8, 4) is 11.5 Å². The first-order valence-corrected chi connectivity index (χ1v) is 10.3. The molecule has 0 aliphatic rings. The van der Waals surface area contributed by atoms with Crippen LogP contribution < -0.4 is 14.9 Å². The van der Waals surface area contributed by atoms with Crippen LogP contribution in [-0.2, 0) is 6.61 Å². The van der Waals surface area contributed by atoms with Gasteiger partial charge in [0.15, 0.2) is 11.5 Å². The van der Waals surface area contributed by atoms with Gasteiger partial charge in [0.05, 0.1) is 23.4 Å². The quantitative estimate of drug-likeness (QED) is 0.329. The van der Waals surface area contributed by atoms with Crippen molar-refractivity contribution in [3.05, 3.63) is 92.4 Å². The molecule has 0 saturated heterocycles. The van der Waals surface area contributed by atoms with Gasteiger partial charge in [0.2, 0.25) is 0 Å². The molecule has 0 spiro atoms. The van der Waals surface area contributed by atoms with E-state index in [9.17, 15) is 4.79 Å². The van der Waals surface area contributed by atoms with Gasteiger partial charge in [0, 0.05) is 4.47 Å². The summed E-state index contributed by atoms with van der Waals surface area (Å²) in [4.78, 5) is 12.2. The Morgan fingerprint density at radius 2 is 1.76 bits per heavy atom. The number of carbonyl (C=O) groups excluding carboxylic acids is 1. The summed E-state index contributed by atoms with van der Waals surface area (Å²) in [5.74, 6) is 0.863. The number of ether oxygens (including phenoxy) is 2. The van der Waals surface area contributed by atoms with E-state index < -0.39 is 0 Å². The number of benzene rings is 3. The van der Waals surface area contributed by atoms with Crippen molar-refractivity contribution in [2.24, 2.45) is 5.10 Å². The van der Waals surface area contributed by atoms with E-state index in [4.69, 9.17) is 9.47 Å². The van der Waals surface area contributed by atoms with Crippen molar-refractivity contribution < 1.29 is 14.3 Å². The third-order valence-electron chi connectivity index (χ3n) is 3.98. The summed E-state index contributed by atoms with van der Waals surface area (Å²) < 4.78 is 12.8. The van der Waals surface area contributed by atoms with E-state index in [1.807, 2.05) is 42.5 Å². The van der Waals surface area contributed by atoms with Crippen molar-refractivity contribution in [3.63, 3.8) is 0 Å². The van der Waals surface area contributed by atoms with Gasteiger partial charge in [-0.3, -0.25) is 4.79 Å². The van der Waals surface area contributed by atoms with Crippen LogP contribution in [0.3, 0.4) is 0 Å². The first-order valence-electron chi connectivity index (χ1n) is 8.70. The number of carbonyl (C=O) groups is 1. The SMILES string of the molecule is COc1cc(/C=N\NC(=O)c2ccccc2Br)cc(Br)c1OCc1ccccc1. The Kier molecular flexibility index (Phi) is 7.43. The highest BCUT2D eigenvalue weighted by Gasteiger charge is 2.12. The molecule has 1 N–H and O–H groups in total. The van der Waals surface area contributed by atoms with Crippen LogP contribution in [0.4, 0.5) is 0 Å². The highest BCUT2D eigenvalue weighted by Crippen LogP contribution is 2.36. The van der Waals surface area contributed by atoms with Crippen molar-refractivity contribution in [2.75, 3.05) is 7.11 Å². The molecule has 1 amide bonds. The lowest BCUT2D eigenvalue weighted by atomic mass is 10.2. The molecule has 29 heavy (non-hydrogen) atoms. The van der Waals surface area contributed by atoms with Gasteiger partial charge in [0.1, 0.15) is 6.61 Å². The van der Waals surface area contributed by atoms with Crippen LogP contribution >= 0.6 is 31.9 Å². The predicted molar refractivity (Wildman–Crippen MR) is 121 cm³/mol. The van der Waals surface area contributed by atoms with Crippen LogP contribution in [0.5, 0.6) is 11.5 Å². The van der Waals surface area contributed by atoms with Crippen LogP contribution in [0.15, 0.2) is 80.8 Å². The minimum absolute atomic E-state index is 0.303. The smallest absolute Gasteiger partial charge is 0.272 e. The number of hydrogen-bond acceptors (Lipinski definition) is 4. The molecule has 0 fully saturated rings. The maximum Gasteiger partial charge on any atom is 0.272 e. The third-order valence-corrected chi connectivity index (χ3v) is 5.26. The Labute approximate surface area is 186 Å². The van der Waals surface area contributed by atoms with Crippen LogP contribution in [0.2, 0.25) is 0 Å². The van der Waals surface area contributed by atoms with Gasteiger partial charge >= 0.3 is 0 Å². The molecular weight excluding hydrogens is 500 g/mol. The highest BCUT2D eigenvalue weighted by molar-refractivity contribution is 9.10. The standard InChI is InChI=1S/C22H18Br2N2O3/c1-28-20-12-16(13-25-26-22(27)17-9-5-6-10-18(17)23)11-19(24)21(20)29-14-15-7-3-2-4-8-15/h2-13H,14H2,1H3,(H,26,27)/b25-13-. The second kappa shape index (κ2) is 10.2. The van der Waals surface area contributed by atoms with Gasteiger partial charge < -0.3 is 9.47 Å². The molecule has 0 bridgehead atoms. The molecule has 7 heteroatoms. The van der Waals surface area contributed by atoms with E-state index in [-0.39, 0.29) is 5.91 Å². The molecule has 148 valence electrons. The third kappa shape index (κ3) is 5.68. The van der Waals surface area contributed by atoms with Crippen molar-refractivity contribution in [1.29, 1.82) is 0 Å². The van der Waals surface area contributed by atoms with E-state index in [1.165, 1.54) is 0 Å². The zero-order valence-electron chi connectivity index (χ0n) is 15.6. The zero-order valence-corrected chi connectivity index (χ0v) is 18.7. The van der Waals surface area contributed by atoms with Crippen LogP contribution in [0.1, 0.15) is 21.5 Å². The maximum absolute atomic E-state index is 12.2. The van der Waals surface area contributed by atoms with E-state index in [0.717, 1.165) is 15.6 Å². The Bertz CT molecular complexity index is 1020. The zero-order chi connectivity index (χ0) is 20.6. The Morgan fingerprint density at radius 3 is 2.48 bits per heavy atom. The lowest BCUT2D eigenvalue weighted by Crippen LogP contribution is -2.18. The van der Waals surface area contributed by atoms with Crippen molar-refractivity contribution >= 4 is 44.0 Å². The molecule has 0 unspecified atom stereocenters. The summed E-state index contributed by atoms with van der Waals surface area (Å²) >= 11 is 6.87. The lowest BCUT2D eigenvalue weighted by molar-refractivity contribution is 0.0954. The van der Waals surface area contributed by atoms with Gasteiger partial charge in [-0.15, -0.1) is 0 Å². The number of amides is 1. The monoisotopic (exact) mass is 516 g/mol.